The second kappa shape index (κ2) is 8.33. The molecule has 0 aliphatic rings. The van der Waals surface area contributed by atoms with Crippen LogP contribution in [0, 0.1) is 5.82 Å². The van der Waals surface area contributed by atoms with Crippen molar-refractivity contribution >= 4 is 22.7 Å². The summed E-state index contributed by atoms with van der Waals surface area (Å²) in [4.78, 5) is 7.98. The molecule has 0 aliphatic heterocycles. The van der Waals surface area contributed by atoms with Gasteiger partial charge in [0.25, 0.3) is 0 Å². The summed E-state index contributed by atoms with van der Waals surface area (Å²) in [6, 6.07) is 4.58. The molecule has 0 fully saturated rings. The number of nitrogens with two attached hydrogens (primary N) is 1. The third kappa shape index (κ3) is 4.51. The van der Waals surface area contributed by atoms with Crippen molar-refractivity contribution < 1.29 is 14.6 Å². The van der Waals surface area contributed by atoms with E-state index in [2.05, 4.69) is 15.3 Å². The van der Waals surface area contributed by atoms with E-state index in [0.29, 0.717) is 29.7 Å². The first-order chi connectivity index (χ1) is 10.1. The standard InChI is InChI=1S/C13H17FN4O.CH4O/c1-2-4-8(19)7-16-12-11-9(14)5-3-6-10(11)17-13(15)18-12;1-2/h3,5-6,8,19H,2,4,7H2,1H3,(H3,15,16,17,18);2H,1H3. The fraction of sp³-hybridized carbons (Fsp3) is 0.429. The number of aliphatic hydroxyl groups is 2. The maximum absolute atomic E-state index is 13.8. The third-order valence-electron chi connectivity index (χ3n) is 2.82. The normalized spacial score (nSPS) is 11.7. The Kier molecular flexibility index (Phi) is 6.77. The number of hydrogen-bond acceptors (Lipinski definition) is 6. The van der Waals surface area contributed by atoms with Gasteiger partial charge >= 0.3 is 0 Å². The smallest absolute Gasteiger partial charge is 0.222 e. The molecule has 0 amide bonds. The molecule has 1 unspecified atom stereocenters. The van der Waals surface area contributed by atoms with Crippen molar-refractivity contribution in [2.45, 2.75) is 25.9 Å². The molecule has 0 aliphatic carbocycles. The first-order valence-electron chi connectivity index (χ1n) is 6.70. The molecule has 0 spiro atoms. The van der Waals surface area contributed by atoms with Crippen LogP contribution in [0.25, 0.3) is 10.9 Å². The average Bonchev–Trinajstić information content (AvgIpc) is 2.47. The van der Waals surface area contributed by atoms with Crippen LogP contribution in [0.5, 0.6) is 0 Å². The third-order valence-corrected chi connectivity index (χ3v) is 2.82. The topological polar surface area (TPSA) is 104 Å². The van der Waals surface area contributed by atoms with Crippen LogP contribution < -0.4 is 11.1 Å². The van der Waals surface area contributed by atoms with Crippen LogP contribution >= 0.6 is 0 Å². The molecule has 21 heavy (non-hydrogen) atoms. The van der Waals surface area contributed by atoms with Crippen molar-refractivity contribution in [3.8, 4) is 0 Å². The number of aliphatic hydroxyl groups excluding tert-OH is 2. The van der Waals surface area contributed by atoms with Crippen LogP contribution in [0.1, 0.15) is 19.8 Å². The Morgan fingerprint density at radius 1 is 1.33 bits per heavy atom. The summed E-state index contributed by atoms with van der Waals surface area (Å²) in [5, 5.41) is 19.9. The van der Waals surface area contributed by atoms with Crippen LogP contribution in [-0.2, 0) is 0 Å². The zero-order chi connectivity index (χ0) is 15.8. The van der Waals surface area contributed by atoms with E-state index in [9.17, 15) is 9.50 Å². The minimum atomic E-state index is -0.497. The molecular weight excluding hydrogens is 275 g/mol. The van der Waals surface area contributed by atoms with E-state index in [4.69, 9.17) is 10.8 Å². The lowest BCUT2D eigenvalue weighted by Crippen LogP contribution is -2.20. The molecule has 2 rings (SSSR count). The molecule has 1 aromatic carbocycles. The number of nitrogens with zero attached hydrogens (tertiary/aromatic N) is 2. The molecule has 0 saturated carbocycles. The monoisotopic (exact) mass is 296 g/mol. The van der Waals surface area contributed by atoms with Gasteiger partial charge in [-0.3, -0.25) is 0 Å². The lowest BCUT2D eigenvalue weighted by molar-refractivity contribution is 0.176. The number of nitrogen functional groups attached to an aromatic ring is 1. The van der Waals surface area contributed by atoms with E-state index in [1.165, 1.54) is 6.07 Å². The summed E-state index contributed by atoms with van der Waals surface area (Å²) in [6.45, 7) is 2.29. The van der Waals surface area contributed by atoms with Crippen LogP contribution in [0.3, 0.4) is 0 Å². The SMILES string of the molecule is CCCC(O)CNc1nc(N)nc2cccc(F)c12.CO. The molecule has 0 bridgehead atoms. The molecule has 0 saturated heterocycles. The van der Waals surface area contributed by atoms with Crippen molar-refractivity contribution in [1.29, 1.82) is 0 Å². The average molecular weight is 296 g/mol. The van der Waals surface area contributed by atoms with E-state index in [1.54, 1.807) is 12.1 Å². The lowest BCUT2D eigenvalue weighted by Gasteiger charge is -2.13. The summed E-state index contributed by atoms with van der Waals surface area (Å²) in [6.07, 6.45) is 1.06. The first-order valence-corrected chi connectivity index (χ1v) is 6.70. The Labute approximate surface area is 122 Å². The van der Waals surface area contributed by atoms with Gasteiger partial charge in [0.1, 0.15) is 11.6 Å². The number of nitrogens with one attached hydrogen (secondary N) is 1. The van der Waals surface area contributed by atoms with Gasteiger partial charge in [0.2, 0.25) is 5.95 Å². The Morgan fingerprint density at radius 2 is 2.05 bits per heavy atom. The number of aromatic nitrogens is 2. The molecule has 1 aromatic heterocycles. The molecule has 5 N–H and O–H groups in total. The Hall–Kier alpha value is -1.99. The molecule has 7 heteroatoms. The van der Waals surface area contributed by atoms with Gasteiger partial charge in [-0.05, 0) is 18.6 Å². The van der Waals surface area contributed by atoms with Gasteiger partial charge in [0, 0.05) is 13.7 Å². The highest BCUT2D eigenvalue weighted by molar-refractivity contribution is 5.90. The molecule has 116 valence electrons. The number of rotatable bonds is 5. The zero-order valence-electron chi connectivity index (χ0n) is 12.2. The minimum Gasteiger partial charge on any atom is -0.400 e. The maximum Gasteiger partial charge on any atom is 0.222 e. The summed E-state index contributed by atoms with van der Waals surface area (Å²) >= 11 is 0. The number of hydrogen-bond donors (Lipinski definition) is 4. The van der Waals surface area contributed by atoms with Crippen molar-refractivity contribution in [3.05, 3.63) is 24.0 Å². The highest BCUT2D eigenvalue weighted by atomic mass is 19.1. The molecule has 6 nitrogen and oxygen atoms in total. The number of fused-ring (bicyclic) bond motifs is 1. The maximum atomic E-state index is 13.8. The zero-order valence-corrected chi connectivity index (χ0v) is 12.2. The van der Waals surface area contributed by atoms with E-state index >= 15 is 0 Å². The van der Waals surface area contributed by atoms with E-state index in [-0.39, 0.29) is 5.95 Å². The highest BCUT2D eigenvalue weighted by Gasteiger charge is 2.11. The second-order valence-corrected chi connectivity index (χ2v) is 4.39. The van der Waals surface area contributed by atoms with Gasteiger partial charge in [-0.25, -0.2) is 9.37 Å². The van der Waals surface area contributed by atoms with Crippen molar-refractivity contribution in [1.82, 2.24) is 9.97 Å². The summed E-state index contributed by atoms with van der Waals surface area (Å²) in [5.74, 6) is -0.0219. The van der Waals surface area contributed by atoms with E-state index < -0.39 is 11.9 Å². The minimum absolute atomic E-state index is 0.0746. The highest BCUT2D eigenvalue weighted by Crippen LogP contribution is 2.24. The summed E-state index contributed by atoms with van der Waals surface area (Å²) in [7, 11) is 1.00. The van der Waals surface area contributed by atoms with Gasteiger partial charge in [-0.2, -0.15) is 4.98 Å². The van der Waals surface area contributed by atoms with Crippen molar-refractivity contribution in [2.75, 3.05) is 24.7 Å². The van der Waals surface area contributed by atoms with E-state index in [1.807, 2.05) is 6.92 Å². The number of halogens is 1. The van der Waals surface area contributed by atoms with Crippen LogP contribution in [0.15, 0.2) is 18.2 Å². The van der Waals surface area contributed by atoms with Crippen LogP contribution in [0.2, 0.25) is 0 Å². The fourth-order valence-electron chi connectivity index (χ4n) is 1.94. The number of benzene rings is 1. The van der Waals surface area contributed by atoms with Gasteiger partial charge in [0.05, 0.1) is 17.0 Å². The molecular formula is C14H21FN4O2. The molecule has 0 radical (unpaired) electrons. The quantitative estimate of drug-likeness (QED) is 0.667. The second-order valence-electron chi connectivity index (χ2n) is 4.39. The van der Waals surface area contributed by atoms with Crippen LogP contribution in [0.4, 0.5) is 16.2 Å². The predicted molar refractivity (Wildman–Crippen MR) is 81.5 cm³/mol. The van der Waals surface area contributed by atoms with E-state index in [0.717, 1.165) is 13.5 Å². The Morgan fingerprint density at radius 3 is 2.71 bits per heavy atom. The molecule has 1 atom stereocenters. The van der Waals surface area contributed by atoms with Gasteiger partial charge in [-0.1, -0.05) is 19.4 Å². The van der Waals surface area contributed by atoms with Gasteiger partial charge < -0.3 is 21.3 Å². The lowest BCUT2D eigenvalue weighted by atomic mass is 10.2. The van der Waals surface area contributed by atoms with Gasteiger partial charge in [0.15, 0.2) is 0 Å². The Balaban J connectivity index is 0.00000106. The Bertz CT molecular complexity index is 580. The van der Waals surface area contributed by atoms with Crippen molar-refractivity contribution in [2.24, 2.45) is 0 Å². The first kappa shape index (κ1) is 17.1. The van der Waals surface area contributed by atoms with Crippen LogP contribution in [-0.4, -0.2) is 39.9 Å². The summed E-state index contributed by atoms with van der Waals surface area (Å²) in [5.41, 5.74) is 6.04. The van der Waals surface area contributed by atoms with Crippen molar-refractivity contribution in [3.63, 3.8) is 0 Å². The largest absolute Gasteiger partial charge is 0.400 e. The fourth-order valence-corrected chi connectivity index (χ4v) is 1.94. The summed E-state index contributed by atoms with van der Waals surface area (Å²) < 4.78 is 13.8. The predicted octanol–water partition coefficient (Wildman–Crippen LogP) is 1.53. The molecule has 1 heterocycles. The number of anilines is 2. The van der Waals surface area contributed by atoms with Gasteiger partial charge in [-0.15, -0.1) is 0 Å². The molecule has 2 aromatic rings.